The van der Waals surface area contributed by atoms with Gasteiger partial charge in [0.05, 0.1) is 43.9 Å². The first-order valence-corrected chi connectivity index (χ1v) is 20.8. The van der Waals surface area contributed by atoms with Gasteiger partial charge in [0.2, 0.25) is 11.8 Å². The van der Waals surface area contributed by atoms with Gasteiger partial charge >= 0.3 is 12.2 Å². The predicted octanol–water partition coefficient (Wildman–Crippen LogP) is 7.22. The average Bonchev–Trinajstić information content (AvgIpc) is 4.04. The first-order valence-electron chi connectivity index (χ1n) is 19.2. The van der Waals surface area contributed by atoms with Crippen molar-refractivity contribution in [2.75, 3.05) is 33.6 Å². The van der Waals surface area contributed by atoms with Crippen LogP contribution < -0.4 is 10.6 Å². The number of hydrogen-bond acceptors (Lipinski definition) is 9. The maximum Gasteiger partial charge on any atom is 0.407 e. The van der Waals surface area contributed by atoms with Gasteiger partial charge in [-0.25, -0.2) is 19.6 Å². The third kappa shape index (κ3) is 9.09. The van der Waals surface area contributed by atoms with Gasteiger partial charge in [0.1, 0.15) is 23.7 Å². The Balaban J connectivity index is 1.14. The Labute approximate surface area is 342 Å². The number of benzene rings is 2. The summed E-state index contributed by atoms with van der Waals surface area (Å²) < 4.78 is 9.54. The Morgan fingerprint density at radius 1 is 0.789 bits per heavy atom. The number of alkyl carbamates (subject to hydrolysis) is 2. The fraction of sp³-hybridized carbons (Fsp3) is 0.463. The number of imidazole rings is 2. The summed E-state index contributed by atoms with van der Waals surface area (Å²) in [4.78, 5) is 71.2. The molecular weight excluding hydrogens is 768 g/mol. The normalized spacial score (nSPS) is 19.2. The zero-order valence-electron chi connectivity index (χ0n) is 33.3. The number of hydrogen-bond donors (Lipinski definition) is 4. The topological polar surface area (TPSA) is 175 Å². The van der Waals surface area contributed by atoms with Gasteiger partial charge < -0.3 is 39.9 Å². The second-order valence-corrected chi connectivity index (χ2v) is 16.6. The number of carbonyl (C=O) groups is 4. The van der Waals surface area contributed by atoms with Crippen molar-refractivity contribution in [1.82, 2.24) is 40.4 Å². The van der Waals surface area contributed by atoms with Crippen LogP contribution in [0.15, 0.2) is 54.7 Å². The van der Waals surface area contributed by atoms with Crippen LogP contribution in [0, 0.1) is 11.8 Å². The Morgan fingerprint density at radius 2 is 1.33 bits per heavy atom. The third-order valence-corrected chi connectivity index (χ3v) is 12.1. The van der Waals surface area contributed by atoms with Crippen molar-refractivity contribution >= 4 is 47.4 Å². The quantitative estimate of drug-likeness (QED) is 0.115. The Morgan fingerprint density at radius 3 is 1.88 bits per heavy atom. The van der Waals surface area contributed by atoms with E-state index in [0.717, 1.165) is 40.8 Å². The molecular formula is C41H51ClN8O6S. The lowest BCUT2D eigenvalue weighted by atomic mass is 10.0. The van der Waals surface area contributed by atoms with Gasteiger partial charge in [0.25, 0.3) is 0 Å². The smallest absolute Gasteiger partial charge is 0.407 e. The first-order chi connectivity index (χ1) is 27.3. The molecule has 6 rings (SSSR count). The molecule has 2 aliphatic heterocycles. The van der Waals surface area contributed by atoms with Gasteiger partial charge in [-0.3, -0.25) is 9.59 Å². The van der Waals surface area contributed by atoms with Gasteiger partial charge in [-0.15, -0.1) is 0 Å². The summed E-state index contributed by atoms with van der Waals surface area (Å²) in [5.74, 6) is 0.715. The Bertz CT molecular complexity index is 2050. The highest BCUT2D eigenvalue weighted by atomic mass is 35.5. The van der Waals surface area contributed by atoms with E-state index in [4.69, 9.17) is 21.1 Å². The van der Waals surface area contributed by atoms with Gasteiger partial charge in [-0.05, 0) is 54.0 Å². The fourth-order valence-electron chi connectivity index (χ4n) is 7.58. The summed E-state index contributed by atoms with van der Waals surface area (Å²) in [5, 5.41) is 5.91. The molecule has 2 aromatic carbocycles. The largest absolute Gasteiger partial charge is 0.453 e. The maximum absolute atomic E-state index is 13.8. The minimum Gasteiger partial charge on any atom is -0.453 e. The molecule has 57 heavy (non-hydrogen) atoms. The minimum absolute atomic E-state index is 0.113. The maximum atomic E-state index is 13.8. The van der Waals surface area contributed by atoms with Crippen molar-refractivity contribution < 1.29 is 28.7 Å². The van der Waals surface area contributed by atoms with E-state index in [-0.39, 0.29) is 41.0 Å². The number of aromatic nitrogens is 4. The zero-order chi connectivity index (χ0) is 41.0. The van der Waals surface area contributed by atoms with E-state index >= 15 is 0 Å². The number of H-pyrrole nitrogens is 2. The lowest BCUT2D eigenvalue weighted by molar-refractivity contribution is -0.136. The Kier molecular flexibility index (Phi) is 13.2. The molecule has 2 aromatic heterocycles. The van der Waals surface area contributed by atoms with Gasteiger partial charge in [0, 0.05) is 23.9 Å². The number of likely N-dealkylation sites (tertiary alicyclic amines) is 2. The number of rotatable bonds is 12. The van der Waals surface area contributed by atoms with E-state index in [0.29, 0.717) is 42.0 Å². The zero-order valence-corrected chi connectivity index (χ0v) is 34.9. The summed E-state index contributed by atoms with van der Waals surface area (Å²) in [6.07, 6.45) is 4.84. The van der Waals surface area contributed by atoms with Crippen LogP contribution in [0.3, 0.4) is 0 Å². The second-order valence-electron chi connectivity index (χ2n) is 15.1. The SMILES string of the molecule is COC(=O)N[C@H](C(=O)N1CCC[C@H]1c1ncc(-c2ccc(-c3ccc(-c4[nH]c([C@@H]5C[C@H](SC)CN5C(=O)[C@@H](NC(=O)OC)C(C)C)nc4Cl)cc3)cc2)[nH]1)C(C)C. The number of nitrogens with zero attached hydrogens (tertiary/aromatic N) is 4. The number of halogens is 1. The molecule has 16 heteroatoms. The van der Waals surface area contributed by atoms with Gasteiger partial charge in [-0.2, -0.15) is 11.8 Å². The van der Waals surface area contributed by atoms with E-state index in [1.54, 1.807) is 27.8 Å². The first kappa shape index (κ1) is 41.6. The number of ether oxygens (including phenoxy) is 2. The molecule has 0 aliphatic carbocycles. The Hall–Kier alpha value is -5.02. The molecule has 0 radical (unpaired) electrons. The van der Waals surface area contributed by atoms with Crippen molar-refractivity contribution in [2.45, 2.75) is 76.4 Å². The third-order valence-electron chi connectivity index (χ3n) is 10.8. The minimum atomic E-state index is -0.744. The molecule has 304 valence electrons. The van der Waals surface area contributed by atoms with Crippen molar-refractivity contribution in [1.29, 1.82) is 0 Å². The molecule has 5 atom stereocenters. The van der Waals surface area contributed by atoms with E-state index in [9.17, 15) is 19.2 Å². The second kappa shape index (κ2) is 18.1. The molecule has 4 heterocycles. The summed E-state index contributed by atoms with van der Waals surface area (Å²) in [6, 6.07) is 14.2. The average molecular weight is 819 g/mol. The van der Waals surface area contributed by atoms with Crippen LogP contribution in [0.25, 0.3) is 33.6 Å². The van der Waals surface area contributed by atoms with Crippen LogP contribution in [0.5, 0.6) is 0 Å². The molecule has 2 aliphatic rings. The van der Waals surface area contributed by atoms with Crippen LogP contribution in [0.2, 0.25) is 5.15 Å². The number of methoxy groups -OCH3 is 2. The summed E-state index contributed by atoms with van der Waals surface area (Å²) in [5.41, 5.74) is 5.36. The highest BCUT2D eigenvalue weighted by molar-refractivity contribution is 7.99. The molecule has 0 bridgehead atoms. The molecule has 4 N–H and O–H groups in total. The van der Waals surface area contributed by atoms with Gasteiger partial charge in [-0.1, -0.05) is 87.8 Å². The van der Waals surface area contributed by atoms with Crippen molar-refractivity contribution in [3.05, 3.63) is 71.5 Å². The standard InChI is InChI=1S/C41H51ClN8O6S/c1-22(2)32(46-40(53)55-5)38(51)49-18-8-9-30(49)36-43-20-29(44-36)26-14-10-24(11-15-26)25-12-16-27(17-13-25)34-35(42)48-37(45-34)31-19-28(57-7)21-50(31)39(52)33(23(3)4)47-41(54)56-6/h10-17,20,22-23,28,30-33H,8-9,18-19,21H2,1-7H3,(H,43,44)(H,45,48)(H,46,53)(H,47,54)/t28-,30-,31-,32-,33-/m0/s1. The lowest BCUT2D eigenvalue weighted by Gasteiger charge is -2.30. The van der Waals surface area contributed by atoms with Crippen molar-refractivity contribution in [3.63, 3.8) is 0 Å². The number of amides is 4. The molecule has 0 spiro atoms. The molecule has 0 saturated carbocycles. The number of carbonyl (C=O) groups excluding carboxylic acids is 4. The highest BCUT2D eigenvalue weighted by Crippen LogP contribution is 2.39. The molecule has 2 fully saturated rings. The molecule has 4 aromatic rings. The van der Waals surface area contributed by atoms with Crippen LogP contribution in [0.4, 0.5) is 9.59 Å². The van der Waals surface area contributed by atoms with E-state index in [2.05, 4.69) is 42.7 Å². The molecule has 2 saturated heterocycles. The summed E-state index contributed by atoms with van der Waals surface area (Å²) in [6.45, 7) is 8.68. The van der Waals surface area contributed by atoms with Crippen molar-refractivity contribution in [2.24, 2.45) is 11.8 Å². The number of aromatic amines is 2. The lowest BCUT2D eigenvalue weighted by Crippen LogP contribution is -2.51. The highest BCUT2D eigenvalue weighted by Gasteiger charge is 2.42. The van der Waals surface area contributed by atoms with E-state index in [1.807, 2.05) is 70.3 Å². The van der Waals surface area contributed by atoms with E-state index in [1.165, 1.54) is 14.2 Å². The predicted molar refractivity (Wildman–Crippen MR) is 220 cm³/mol. The fourth-order valence-corrected chi connectivity index (χ4v) is 8.52. The van der Waals surface area contributed by atoms with Crippen molar-refractivity contribution in [3.8, 4) is 33.6 Å². The summed E-state index contributed by atoms with van der Waals surface area (Å²) >= 11 is 8.43. The summed E-state index contributed by atoms with van der Waals surface area (Å²) in [7, 11) is 2.57. The monoisotopic (exact) mass is 818 g/mol. The molecule has 14 nitrogen and oxygen atoms in total. The number of nitrogens with one attached hydrogen (secondary N) is 4. The molecule has 4 amide bonds. The van der Waals surface area contributed by atoms with Crippen LogP contribution in [-0.2, 0) is 19.1 Å². The number of thioether (sulfide) groups is 1. The van der Waals surface area contributed by atoms with Gasteiger partial charge in [0.15, 0.2) is 5.15 Å². The molecule has 0 unspecified atom stereocenters. The van der Waals surface area contributed by atoms with Crippen LogP contribution in [-0.4, -0.2) is 105 Å². The van der Waals surface area contributed by atoms with Crippen LogP contribution >= 0.6 is 23.4 Å². The van der Waals surface area contributed by atoms with Crippen LogP contribution in [0.1, 0.15) is 70.7 Å². The van der Waals surface area contributed by atoms with E-state index < -0.39 is 24.3 Å².